The van der Waals surface area contributed by atoms with Crippen LogP contribution in [0.3, 0.4) is 0 Å². The lowest BCUT2D eigenvalue weighted by Crippen LogP contribution is -2.15. The SMILES string of the molecule is C=CCOP(=O)(OCCOC)OC1Cc2ccccc2C1. The predicted octanol–water partition coefficient (Wildman–Crippen LogP) is 3.14. The maximum Gasteiger partial charge on any atom is 0.475 e. The first-order valence-electron chi connectivity index (χ1n) is 6.91. The van der Waals surface area contributed by atoms with Crippen molar-refractivity contribution in [2.75, 3.05) is 26.9 Å². The van der Waals surface area contributed by atoms with Gasteiger partial charge < -0.3 is 4.74 Å². The van der Waals surface area contributed by atoms with Crippen LogP contribution in [-0.2, 0) is 35.7 Å². The number of hydrogen-bond acceptors (Lipinski definition) is 5. The lowest BCUT2D eigenvalue weighted by atomic mass is 10.1. The Morgan fingerprint density at radius 3 is 2.48 bits per heavy atom. The van der Waals surface area contributed by atoms with Crippen LogP contribution in [0.15, 0.2) is 36.9 Å². The molecule has 0 spiro atoms. The van der Waals surface area contributed by atoms with E-state index in [1.54, 1.807) is 7.11 Å². The zero-order valence-corrected chi connectivity index (χ0v) is 13.1. The number of rotatable bonds is 9. The van der Waals surface area contributed by atoms with Gasteiger partial charge in [0.15, 0.2) is 0 Å². The summed E-state index contributed by atoms with van der Waals surface area (Å²) in [6.45, 7) is 4.14. The van der Waals surface area contributed by atoms with E-state index in [0.29, 0.717) is 19.4 Å². The van der Waals surface area contributed by atoms with E-state index in [4.69, 9.17) is 18.3 Å². The Morgan fingerprint density at radius 2 is 1.90 bits per heavy atom. The zero-order valence-electron chi connectivity index (χ0n) is 12.2. The van der Waals surface area contributed by atoms with Crippen LogP contribution in [0.4, 0.5) is 0 Å². The largest absolute Gasteiger partial charge is 0.475 e. The lowest BCUT2D eigenvalue weighted by molar-refractivity contribution is 0.0673. The molecule has 1 aliphatic rings. The second-order valence-electron chi connectivity index (χ2n) is 4.76. The minimum atomic E-state index is -3.59. The third-order valence-corrected chi connectivity index (χ3v) is 4.70. The van der Waals surface area contributed by atoms with E-state index >= 15 is 0 Å². The molecular formula is C15H21O5P. The number of ether oxygens (including phenoxy) is 1. The van der Waals surface area contributed by atoms with Crippen LogP contribution in [0.2, 0.25) is 0 Å². The van der Waals surface area contributed by atoms with Gasteiger partial charge in [-0.1, -0.05) is 30.3 Å². The van der Waals surface area contributed by atoms with Crippen LogP contribution in [0, 0.1) is 0 Å². The van der Waals surface area contributed by atoms with Gasteiger partial charge in [0.25, 0.3) is 0 Å². The smallest absolute Gasteiger partial charge is 0.382 e. The quantitative estimate of drug-likeness (QED) is 0.398. The summed E-state index contributed by atoms with van der Waals surface area (Å²) in [5.74, 6) is 0. The molecule has 0 aromatic heterocycles. The molecule has 0 saturated carbocycles. The lowest BCUT2D eigenvalue weighted by Gasteiger charge is -2.20. The van der Waals surface area contributed by atoms with Crippen molar-refractivity contribution in [2.24, 2.45) is 0 Å². The molecule has 1 atom stereocenters. The third kappa shape index (κ3) is 4.77. The van der Waals surface area contributed by atoms with Crippen molar-refractivity contribution in [1.82, 2.24) is 0 Å². The topological polar surface area (TPSA) is 54.0 Å². The van der Waals surface area contributed by atoms with Gasteiger partial charge in [-0.25, -0.2) is 4.57 Å². The average molecular weight is 312 g/mol. The molecule has 0 bridgehead atoms. The third-order valence-electron chi connectivity index (χ3n) is 3.18. The van der Waals surface area contributed by atoms with E-state index in [1.807, 2.05) is 12.1 Å². The first kappa shape index (κ1) is 16.4. The van der Waals surface area contributed by atoms with Gasteiger partial charge >= 0.3 is 7.82 Å². The fourth-order valence-electron chi connectivity index (χ4n) is 2.25. The molecule has 1 unspecified atom stereocenters. The summed E-state index contributed by atoms with van der Waals surface area (Å²) in [5, 5.41) is 0. The molecule has 0 amide bonds. The van der Waals surface area contributed by atoms with E-state index < -0.39 is 7.82 Å². The molecule has 116 valence electrons. The van der Waals surface area contributed by atoms with Crippen molar-refractivity contribution >= 4 is 7.82 Å². The molecule has 1 aromatic rings. The molecular weight excluding hydrogens is 291 g/mol. The number of benzene rings is 1. The molecule has 2 rings (SSSR count). The Hall–Kier alpha value is -0.970. The number of fused-ring (bicyclic) bond motifs is 1. The normalized spacial score (nSPS) is 17.4. The van der Waals surface area contributed by atoms with Crippen LogP contribution < -0.4 is 0 Å². The summed E-state index contributed by atoms with van der Waals surface area (Å²) in [6, 6.07) is 8.09. The van der Waals surface area contributed by atoms with Gasteiger partial charge in [0, 0.05) is 7.11 Å². The summed E-state index contributed by atoms with van der Waals surface area (Å²) in [4.78, 5) is 0. The highest BCUT2D eigenvalue weighted by atomic mass is 31.2. The maximum atomic E-state index is 12.6. The highest BCUT2D eigenvalue weighted by Gasteiger charge is 2.33. The molecule has 5 nitrogen and oxygen atoms in total. The fourth-order valence-corrected chi connectivity index (χ4v) is 3.55. The number of hydrogen-bond donors (Lipinski definition) is 0. The fraction of sp³-hybridized carbons (Fsp3) is 0.467. The van der Waals surface area contributed by atoms with E-state index in [-0.39, 0.29) is 19.3 Å². The van der Waals surface area contributed by atoms with Crippen LogP contribution in [-0.4, -0.2) is 33.0 Å². The van der Waals surface area contributed by atoms with Gasteiger partial charge in [0.1, 0.15) is 0 Å². The van der Waals surface area contributed by atoms with E-state index in [1.165, 1.54) is 17.2 Å². The first-order valence-corrected chi connectivity index (χ1v) is 8.37. The Morgan fingerprint density at radius 1 is 1.24 bits per heavy atom. The van der Waals surface area contributed by atoms with Gasteiger partial charge in [-0.2, -0.15) is 0 Å². The van der Waals surface area contributed by atoms with Gasteiger partial charge in [-0.3, -0.25) is 13.6 Å². The molecule has 6 heteroatoms. The molecule has 0 aliphatic heterocycles. The van der Waals surface area contributed by atoms with Crippen molar-refractivity contribution in [3.05, 3.63) is 48.0 Å². The minimum Gasteiger partial charge on any atom is -0.382 e. The summed E-state index contributed by atoms with van der Waals surface area (Å²) < 4.78 is 33.6. The highest BCUT2D eigenvalue weighted by Crippen LogP contribution is 2.51. The average Bonchev–Trinajstić information content (AvgIpc) is 2.87. The van der Waals surface area contributed by atoms with Crippen molar-refractivity contribution in [3.8, 4) is 0 Å². The van der Waals surface area contributed by atoms with Crippen molar-refractivity contribution in [3.63, 3.8) is 0 Å². The summed E-state index contributed by atoms with van der Waals surface area (Å²) in [6.07, 6.45) is 2.75. The predicted molar refractivity (Wildman–Crippen MR) is 80.3 cm³/mol. The maximum absolute atomic E-state index is 12.6. The molecule has 1 aliphatic carbocycles. The monoisotopic (exact) mass is 312 g/mol. The summed E-state index contributed by atoms with van der Waals surface area (Å²) >= 11 is 0. The minimum absolute atomic E-state index is 0.115. The molecule has 0 N–H and O–H groups in total. The van der Waals surface area contributed by atoms with E-state index in [2.05, 4.69) is 18.7 Å². The first-order chi connectivity index (χ1) is 10.2. The van der Waals surface area contributed by atoms with Gasteiger partial charge in [0.2, 0.25) is 0 Å². The van der Waals surface area contributed by atoms with Gasteiger partial charge in [-0.05, 0) is 24.0 Å². The van der Waals surface area contributed by atoms with Crippen LogP contribution >= 0.6 is 7.82 Å². The number of phosphoric acid groups is 1. The zero-order chi connectivity index (χ0) is 15.1. The molecule has 21 heavy (non-hydrogen) atoms. The van der Waals surface area contributed by atoms with Crippen molar-refractivity contribution < 1.29 is 22.9 Å². The summed E-state index contributed by atoms with van der Waals surface area (Å²) in [7, 11) is -2.05. The molecule has 0 heterocycles. The van der Waals surface area contributed by atoms with Gasteiger partial charge in [0.05, 0.1) is 25.9 Å². The molecule has 0 radical (unpaired) electrons. The molecule has 0 fully saturated rings. The molecule has 1 aromatic carbocycles. The van der Waals surface area contributed by atoms with E-state index in [9.17, 15) is 4.57 Å². The van der Waals surface area contributed by atoms with Crippen LogP contribution in [0.1, 0.15) is 11.1 Å². The standard InChI is InChI=1S/C15H21O5P/c1-3-8-18-21(16,19-10-9-17-2)20-15-11-13-6-4-5-7-14(13)12-15/h3-7,15H,1,8-12H2,2H3. The molecule has 0 saturated heterocycles. The highest BCUT2D eigenvalue weighted by molar-refractivity contribution is 7.48. The van der Waals surface area contributed by atoms with Crippen LogP contribution in [0.25, 0.3) is 0 Å². The Labute approximate surface area is 125 Å². The van der Waals surface area contributed by atoms with E-state index in [0.717, 1.165) is 0 Å². The van der Waals surface area contributed by atoms with Crippen LogP contribution in [0.5, 0.6) is 0 Å². The van der Waals surface area contributed by atoms with Crippen molar-refractivity contribution in [1.29, 1.82) is 0 Å². The second-order valence-corrected chi connectivity index (χ2v) is 6.38. The number of methoxy groups -OCH3 is 1. The Bertz CT molecular complexity index is 492. The number of phosphoric ester groups is 1. The summed E-state index contributed by atoms with van der Waals surface area (Å²) in [5.41, 5.74) is 2.43. The van der Waals surface area contributed by atoms with Gasteiger partial charge in [-0.15, -0.1) is 6.58 Å². The van der Waals surface area contributed by atoms with Crippen molar-refractivity contribution in [2.45, 2.75) is 18.9 Å². The Balaban J connectivity index is 1.96. The Kier molecular flexibility index (Phi) is 6.15. The second kappa shape index (κ2) is 7.87.